The molecule has 7 heteroatoms. The van der Waals surface area contributed by atoms with Gasteiger partial charge in [-0.25, -0.2) is 0 Å². The number of benzene rings is 2. The lowest BCUT2D eigenvalue weighted by molar-refractivity contribution is -0.118. The Bertz CT molecular complexity index is 960. The summed E-state index contributed by atoms with van der Waals surface area (Å²) >= 11 is 1.26. The maximum absolute atomic E-state index is 11.8. The Labute approximate surface area is 174 Å². The van der Waals surface area contributed by atoms with E-state index in [1.807, 2.05) is 44.2 Å². The molecule has 4 rings (SSSR count). The number of amidine groups is 1. The van der Waals surface area contributed by atoms with E-state index < -0.39 is 5.60 Å². The number of aryl methyl sites for hydroxylation is 2. The number of aromatic hydroxyl groups is 1. The van der Waals surface area contributed by atoms with Gasteiger partial charge in [0, 0.05) is 0 Å². The van der Waals surface area contributed by atoms with E-state index in [9.17, 15) is 9.90 Å². The number of ether oxygens (including phenoxy) is 2. The van der Waals surface area contributed by atoms with Crippen LogP contribution in [0.4, 0.5) is 0 Å². The van der Waals surface area contributed by atoms with Crippen molar-refractivity contribution >= 4 is 22.8 Å². The van der Waals surface area contributed by atoms with Crippen LogP contribution in [-0.4, -0.2) is 33.6 Å². The van der Waals surface area contributed by atoms with E-state index in [-0.39, 0.29) is 16.3 Å². The predicted octanol–water partition coefficient (Wildman–Crippen LogP) is 3.57. The summed E-state index contributed by atoms with van der Waals surface area (Å²) in [7, 11) is 0. The van der Waals surface area contributed by atoms with Crippen LogP contribution < -0.4 is 14.8 Å². The number of fused-ring (bicyclic) bond motifs is 1. The molecule has 2 heterocycles. The zero-order chi connectivity index (χ0) is 20.6. The minimum atomic E-state index is -0.436. The fourth-order valence-electron chi connectivity index (χ4n) is 3.54. The third kappa shape index (κ3) is 4.34. The lowest BCUT2D eigenvalue weighted by Crippen LogP contribution is -2.42. The maximum atomic E-state index is 11.8. The summed E-state index contributed by atoms with van der Waals surface area (Å²) in [5.74, 6) is 1.76. The molecule has 0 radical (unpaired) electrons. The molecule has 1 saturated heterocycles. The molecule has 2 aliphatic rings. The molecule has 0 aliphatic carbocycles. The number of rotatable bonds is 5. The van der Waals surface area contributed by atoms with Crippen LogP contribution in [0.2, 0.25) is 0 Å². The van der Waals surface area contributed by atoms with Crippen molar-refractivity contribution in [1.82, 2.24) is 5.32 Å². The van der Waals surface area contributed by atoms with Gasteiger partial charge in [-0.1, -0.05) is 23.9 Å². The first-order chi connectivity index (χ1) is 13.8. The number of carbonyl (C=O) groups excluding carboxylic acids is 1. The molecule has 2 aromatic rings. The fourth-order valence-corrected chi connectivity index (χ4v) is 4.43. The normalized spacial score (nSPS) is 23.3. The molecule has 0 aromatic heterocycles. The number of nitrogens with one attached hydrogen (secondary N) is 2. The molecule has 1 fully saturated rings. The molecule has 2 atom stereocenters. The van der Waals surface area contributed by atoms with E-state index in [2.05, 4.69) is 5.32 Å². The Kier molecular flexibility index (Phi) is 5.17. The molecule has 2 aromatic carbocycles. The van der Waals surface area contributed by atoms with Crippen molar-refractivity contribution in [3.8, 4) is 17.2 Å². The largest absolute Gasteiger partial charge is 0.508 e. The van der Waals surface area contributed by atoms with Crippen LogP contribution in [0.25, 0.3) is 0 Å². The summed E-state index contributed by atoms with van der Waals surface area (Å²) in [6.07, 6.45) is 2.22. The highest BCUT2D eigenvalue weighted by molar-refractivity contribution is 8.15. The highest BCUT2D eigenvalue weighted by atomic mass is 32.2. The number of carbonyl (C=O) groups is 1. The Hall–Kier alpha value is -2.67. The highest BCUT2D eigenvalue weighted by Gasteiger charge is 2.33. The number of phenols is 1. The van der Waals surface area contributed by atoms with Crippen molar-refractivity contribution in [2.24, 2.45) is 0 Å². The Morgan fingerprint density at radius 1 is 1.34 bits per heavy atom. The number of hydrogen-bond acceptors (Lipinski definition) is 6. The molecular formula is C22H24N2O4S. The minimum Gasteiger partial charge on any atom is -0.508 e. The number of phenolic OH excluding ortho intramolecular Hbond substituents is 1. The highest BCUT2D eigenvalue weighted by Crippen LogP contribution is 2.37. The van der Waals surface area contributed by atoms with Gasteiger partial charge < -0.3 is 19.9 Å². The maximum Gasteiger partial charge on any atom is 0.239 e. The molecule has 6 nitrogen and oxygen atoms in total. The van der Waals surface area contributed by atoms with E-state index in [1.54, 1.807) is 6.07 Å². The van der Waals surface area contributed by atoms with Crippen molar-refractivity contribution in [1.29, 1.82) is 5.41 Å². The molecule has 1 amide bonds. The quantitative estimate of drug-likeness (QED) is 0.698. The summed E-state index contributed by atoms with van der Waals surface area (Å²) in [4.78, 5) is 11.8. The predicted molar refractivity (Wildman–Crippen MR) is 113 cm³/mol. The average Bonchev–Trinajstić information content (AvgIpc) is 2.99. The SMILES string of the molecule is Cc1cc2c(cc1O)CCC(C)(COc1ccc(CC3SC(=N)NC3=O)cc1)O2. The molecule has 2 unspecified atom stereocenters. The van der Waals surface area contributed by atoms with E-state index in [0.29, 0.717) is 18.8 Å². The van der Waals surface area contributed by atoms with E-state index in [4.69, 9.17) is 14.9 Å². The summed E-state index contributed by atoms with van der Waals surface area (Å²) in [5, 5.41) is 19.9. The Morgan fingerprint density at radius 2 is 2.10 bits per heavy atom. The lowest BCUT2D eigenvalue weighted by Gasteiger charge is -2.35. The zero-order valence-corrected chi connectivity index (χ0v) is 17.3. The van der Waals surface area contributed by atoms with Gasteiger partial charge in [-0.3, -0.25) is 10.2 Å². The zero-order valence-electron chi connectivity index (χ0n) is 16.5. The van der Waals surface area contributed by atoms with Crippen LogP contribution >= 0.6 is 11.8 Å². The lowest BCUT2D eigenvalue weighted by atomic mass is 9.92. The van der Waals surface area contributed by atoms with Gasteiger partial charge in [0.1, 0.15) is 29.5 Å². The number of amides is 1. The second-order valence-electron chi connectivity index (χ2n) is 7.86. The van der Waals surface area contributed by atoms with Crippen LogP contribution in [-0.2, 0) is 17.6 Å². The molecule has 29 heavy (non-hydrogen) atoms. The summed E-state index contributed by atoms with van der Waals surface area (Å²) < 4.78 is 12.2. The summed E-state index contributed by atoms with van der Waals surface area (Å²) in [6.45, 7) is 4.32. The minimum absolute atomic E-state index is 0.105. The molecule has 3 N–H and O–H groups in total. The van der Waals surface area contributed by atoms with Crippen LogP contribution in [0.3, 0.4) is 0 Å². The summed E-state index contributed by atoms with van der Waals surface area (Å²) in [5.41, 5.74) is 2.42. The van der Waals surface area contributed by atoms with Crippen LogP contribution in [0.15, 0.2) is 36.4 Å². The Balaban J connectivity index is 1.36. The first-order valence-electron chi connectivity index (χ1n) is 9.61. The standard InChI is InChI=1S/C22H24N2O4S/c1-13-9-18-15(11-17(13)25)7-8-22(2,28-18)12-27-16-5-3-14(4-6-16)10-19-20(26)24-21(23)29-19/h3-6,9,11,19,25H,7-8,10,12H2,1-2H3,(H2,23,24,26). The number of thioether (sulfide) groups is 1. The van der Waals surface area contributed by atoms with Gasteiger partial charge in [-0.05, 0) is 74.1 Å². The van der Waals surface area contributed by atoms with E-state index in [1.165, 1.54) is 11.8 Å². The van der Waals surface area contributed by atoms with Crippen molar-refractivity contribution in [2.75, 3.05) is 6.61 Å². The smallest absolute Gasteiger partial charge is 0.239 e. The second-order valence-corrected chi connectivity index (χ2v) is 9.07. The van der Waals surface area contributed by atoms with Gasteiger partial charge in [-0.15, -0.1) is 0 Å². The van der Waals surface area contributed by atoms with Gasteiger partial charge in [0.15, 0.2) is 5.17 Å². The Morgan fingerprint density at radius 3 is 2.79 bits per heavy atom. The van der Waals surface area contributed by atoms with Crippen molar-refractivity contribution in [2.45, 2.75) is 44.0 Å². The monoisotopic (exact) mass is 412 g/mol. The molecule has 0 bridgehead atoms. The van der Waals surface area contributed by atoms with E-state index >= 15 is 0 Å². The van der Waals surface area contributed by atoms with Gasteiger partial charge in [0.2, 0.25) is 5.91 Å². The van der Waals surface area contributed by atoms with Gasteiger partial charge in [0.25, 0.3) is 0 Å². The molecule has 0 spiro atoms. The van der Waals surface area contributed by atoms with Crippen LogP contribution in [0.1, 0.15) is 30.0 Å². The second kappa shape index (κ2) is 7.63. The van der Waals surface area contributed by atoms with Crippen molar-refractivity contribution < 1.29 is 19.4 Å². The van der Waals surface area contributed by atoms with Crippen LogP contribution in [0, 0.1) is 12.3 Å². The molecule has 2 aliphatic heterocycles. The van der Waals surface area contributed by atoms with E-state index in [0.717, 1.165) is 41.0 Å². The van der Waals surface area contributed by atoms with Gasteiger partial charge in [-0.2, -0.15) is 0 Å². The third-order valence-electron chi connectivity index (χ3n) is 5.34. The first kappa shape index (κ1) is 19.6. The number of hydrogen-bond donors (Lipinski definition) is 3. The summed E-state index contributed by atoms with van der Waals surface area (Å²) in [6, 6.07) is 11.4. The van der Waals surface area contributed by atoms with Crippen LogP contribution in [0.5, 0.6) is 17.2 Å². The van der Waals surface area contributed by atoms with Gasteiger partial charge >= 0.3 is 0 Å². The van der Waals surface area contributed by atoms with Crippen molar-refractivity contribution in [3.05, 3.63) is 53.1 Å². The molecule has 152 valence electrons. The first-order valence-corrected chi connectivity index (χ1v) is 10.5. The molecular weight excluding hydrogens is 388 g/mol. The molecule has 0 saturated carbocycles. The average molecular weight is 413 g/mol. The van der Waals surface area contributed by atoms with Gasteiger partial charge in [0.05, 0.1) is 5.25 Å². The topological polar surface area (TPSA) is 91.6 Å². The fraction of sp³-hybridized carbons (Fsp3) is 0.364. The third-order valence-corrected chi connectivity index (χ3v) is 6.34. The van der Waals surface area contributed by atoms with Crippen molar-refractivity contribution in [3.63, 3.8) is 0 Å².